The number of likely N-dealkylation sites (tertiary alicyclic amines) is 2. The Hall–Kier alpha value is -0.570. The van der Waals surface area contributed by atoms with Gasteiger partial charge in [-0.05, 0) is 49.5 Å². The van der Waals surface area contributed by atoms with Crippen molar-refractivity contribution in [2.24, 2.45) is 23.7 Å². The molecule has 0 aliphatic carbocycles. The van der Waals surface area contributed by atoms with E-state index >= 15 is 0 Å². The SMILES string of the molecule is CC(C)C1CCN(C(=O)CN2CC[C@@H](C(C)C)C2)CC1. The van der Waals surface area contributed by atoms with Gasteiger partial charge in [0.1, 0.15) is 0 Å². The first-order valence-corrected chi connectivity index (χ1v) is 8.47. The van der Waals surface area contributed by atoms with Crippen molar-refractivity contribution < 1.29 is 4.79 Å². The van der Waals surface area contributed by atoms with E-state index in [-0.39, 0.29) is 0 Å². The fraction of sp³-hybridized carbons (Fsp3) is 0.941. The second kappa shape index (κ2) is 6.93. The molecule has 1 amide bonds. The molecule has 116 valence electrons. The predicted molar refractivity (Wildman–Crippen MR) is 83.5 cm³/mol. The zero-order chi connectivity index (χ0) is 14.7. The standard InChI is InChI=1S/C17H32N2O/c1-13(2)15-6-9-19(10-7-15)17(20)12-18-8-5-16(11-18)14(3)4/h13-16H,5-12H2,1-4H3/t16-/m1/s1. The number of amides is 1. The molecule has 0 radical (unpaired) electrons. The van der Waals surface area contributed by atoms with E-state index in [0.717, 1.165) is 49.9 Å². The summed E-state index contributed by atoms with van der Waals surface area (Å²) in [6.45, 7) is 14.0. The van der Waals surface area contributed by atoms with Gasteiger partial charge in [-0.3, -0.25) is 9.69 Å². The maximum absolute atomic E-state index is 12.4. The molecule has 0 aromatic rings. The maximum atomic E-state index is 12.4. The number of carbonyl (C=O) groups is 1. The van der Waals surface area contributed by atoms with Crippen molar-refractivity contribution in [3.05, 3.63) is 0 Å². The summed E-state index contributed by atoms with van der Waals surface area (Å²) < 4.78 is 0. The van der Waals surface area contributed by atoms with Gasteiger partial charge in [-0.2, -0.15) is 0 Å². The molecule has 3 heteroatoms. The molecule has 2 aliphatic heterocycles. The van der Waals surface area contributed by atoms with Crippen LogP contribution < -0.4 is 0 Å². The lowest BCUT2D eigenvalue weighted by atomic mass is 9.87. The number of hydrogen-bond acceptors (Lipinski definition) is 2. The number of nitrogens with zero attached hydrogens (tertiary/aromatic N) is 2. The van der Waals surface area contributed by atoms with Gasteiger partial charge >= 0.3 is 0 Å². The highest BCUT2D eigenvalue weighted by atomic mass is 16.2. The number of piperidine rings is 1. The van der Waals surface area contributed by atoms with Crippen molar-refractivity contribution in [3.63, 3.8) is 0 Å². The lowest BCUT2D eigenvalue weighted by Gasteiger charge is -2.34. The summed E-state index contributed by atoms with van der Waals surface area (Å²) in [4.78, 5) is 16.9. The Bertz CT molecular complexity index is 319. The van der Waals surface area contributed by atoms with Crippen molar-refractivity contribution in [1.29, 1.82) is 0 Å². The summed E-state index contributed by atoms with van der Waals surface area (Å²) in [5.41, 5.74) is 0. The van der Waals surface area contributed by atoms with Crippen LogP contribution in [-0.2, 0) is 4.79 Å². The molecule has 0 aromatic carbocycles. The fourth-order valence-electron chi connectivity index (χ4n) is 3.66. The molecule has 1 atom stereocenters. The molecule has 2 heterocycles. The van der Waals surface area contributed by atoms with E-state index in [1.165, 1.54) is 19.3 Å². The Kier molecular flexibility index (Phi) is 5.48. The Balaban J connectivity index is 1.74. The topological polar surface area (TPSA) is 23.6 Å². The molecule has 0 N–H and O–H groups in total. The summed E-state index contributed by atoms with van der Waals surface area (Å²) in [5.74, 6) is 3.47. The average molecular weight is 280 g/mol. The van der Waals surface area contributed by atoms with Gasteiger partial charge in [-0.1, -0.05) is 27.7 Å². The Labute approximate surface area is 124 Å². The van der Waals surface area contributed by atoms with E-state index < -0.39 is 0 Å². The van der Waals surface area contributed by atoms with E-state index in [9.17, 15) is 4.79 Å². The van der Waals surface area contributed by atoms with Crippen LogP contribution in [0.5, 0.6) is 0 Å². The highest BCUT2D eigenvalue weighted by molar-refractivity contribution is 5.78. The van der Waals surface area contributed by atoms with Crippen molar-refractivity contribution in [1.82, 2.24) is 9.80 Å². The van der Waals surface area contributed by atoms with E-state index in [1.54, 1.807) is 0 Å². The van der Waals surface area contributed by atoms with Gasteiger partial charge in [-0.25, -0.2) is 0 Å². The smallest absolute Gasteiger partial charge is 0.236 e. The normalized spacial score (nSPS) is 25.9. The van der Waals surface area contributed by atoms with Crippen molar-refractivity contribution in [2.45, 2.75) is 47.0 Å². The van der Waals surface area contributed by atoms with Crippen LogP contribution >= 0.6 is 0 Å². The summed E-state index contributed by atoms with van der Waals surface area (Å²) in [6, 6.07) is 0. The number of carbonyl (C=O) groups excluding carboxylic acids is 1. The van der Waals surface area contributed by atoms with Gasteiger partial charge in [0, 0.05) is 19.6 Å². The molecule has 0 bridgehead atoms. The highest BCUT2D eigenvalue weighted by Crippen LogP contribution is 2.26. The van der Waals surface area contributed by atoms with Crippen molar-refractivity contribution in [2.75, 3.05) is 32.7 Å². The van der Waals surface area contributed by atoms with Gasteiger partial charge in [0.05, 0.1) is 6.54 Å². The van der Waals surface area contributed by atoms with Crippen molar-refractivity contribution in [3.8, 4) is 0 Å². The molecule has 20 heavy (non-hydrogen) atoms. The number of hydrogen-bond donors (Lipinski definition) is 0. The first kappa shape index (κ1) is 15.8. The monoisotopic (exact) mass is 280 g/mol. The summed E-state index contributed by atoms with van der Waals surface area (Å²) in [7, 11) is 0. The predicted octanol–water partition coefficient (Wildman–Crippen LogP) is 2.86. The van der Waals surface area contributed by atoms with Gasteiger partial charge in [0.15, 0.2) is 0 Å². The van der Waals surface area contributed by atoms with Gasteiger partial charge in [-0.15, -0.1) is 0 Å². The minimum Gasteiger partial charge on any atom is -0.342 e. The first-order valence-electron chi connectivity index (χ1n) is 8.47. The van der Waals surface area contributed by atoms with Gasteiger partial charge < -0.3 is 4.90 Å². The van der Waals surface area contributed by atoms with Crippen LogP contribution in [0.4, 0.5) is 0 Å². The molecule has 2 rings (SSSR count). The van der Waals surface area contributed by atoms with E-state index in [2.05, 4.69) is 37.5 Å². The average Bonchev–Trinajstić information content (AvgIpc) is 2.87. The lowest BCUT2D eigenvalue weighted by molar-refractivity contribution is -0.133. The summed E-state index contributed by atoms with van der Waals surface area (Å²) in [5, 5.41) is 0. The second-order valence-corrected chi connectivity index (χ2v) is 7.49. The van der Waals surface area contributed by atoms with Crippen LogP contribution in [0, 0.1) is 23.7 Å². The quantitative estimate of drug-likeness (QED) is 0.790. The Morgan fingerprint density at radius 1 is 0.950 bits per heavy atom. The maximum Gasteiger partial charge on any atom is 0.236 e. The van der Waals surface area contributed by atoms with Crippen LogP contribution in [0.1, 0.15) is 47.0 Å². The molecule has 2 saturated heterocycles. The molecule has 0 aromatic heterocycles. The van der Waals surface area contributed by atoms with Crippen molar-refractivity contribution >= 4 is 5.91 Å². The van der Waals surface area contributed by atoms with E-state index in [1.807, 2.05) is 0 Å². The molecular formula is C17H32N2O. The van der Waals surface area contributed by atoms with Crippen LogP contribution in [0.25, 0.3) is 0 Å². The number of rotatable bonds is 4. The Morgan fingerprint density at radius 3 is 2.00 bits per heavy atom. The third kappa shape index (κ3) is 3.97. The molecule has 0 saturated carbocycles. The van der Waals surface area contributed by atoms with Crippen LogP contribution in [0.2, 0.25) is 0 Å². The molecule has 3 nitrogen and oxygen atoms in total. The molecule has 2 aliphatic rings. The first-order chi connectivity index (χ1) is 9.47. The third-order valence-corrected chi connectivity index (χ3v) is 5.45. The summed E-state index contributed by atoms with van der Waals surface area (Å²) in [6.07, 6.45) is 3.65. The molecule has 2 fully saturated rings. The zero-order valence-corrected chi connectivity index (χ0v) is 13.8. The highest BCUT2D eigenvalue weighted by Gasteiger charge is 2.29. The van der Waals surface area contributed by atoms with Gasteiger partial charge in [0.2, 0.25) is 5.91 Å². The minimum atomic E-state index is 0.358. The molecule has 0 spiro atoms. The molecule has 0 unspecified atom stereocenters. The van der Waals surface area contributed by atoms with Gasteiger partial charge in [0.25, 0.3) is 0 Å². The second-order valence-electron chi connectivity index (χ2n) is 7.49. The third-order valence-electron chi connectivity index (χ3n) is 5.45. The largest absolute Gasteiger partial charge is 0.342 e. The minimum absolute atomic E-state index is 0.358. The summed E-state index contributed by atoms with van der Waals surface area (Å²) >= 11 is 0. The molecular weight excluding hydrogens is 248 g/mol. The van der Waals surface area contributed by atoms with Crippen LogP contribution in [0.15, 0.2) is 0 Å². The zero-order valence-electron chi connectivity index (χ0n) is 13.8. The lowest BCUT2D eigenvalue weighted by Crippen LogP contribution is -2.44. The van der Waals surface area contributed by atoms with E-state index in [0.29, 0.717) is 12.5 Å². The van der Waals surface area contributed by atoms with E-state index in [4.69, 9.17) is 0 Å². The van der Waals surface area contributed by atoms with Crippen LogP contribution in [0.3, 0.4) is 0 Å². The van der Waals surface area contributed by atoms with Crippen LogP contribution in [-0.4, -0.2) is 48.4 Å². The fourth-order valence-corrected chi connectivity index (χ4v) is 3.66. The Morgan fingerprint density at radius 2 is 1.50 bits per heavy atom.